The molecule has 1 amide bonds. The molecule has 0 aliphatic rings. The van der Waals surface area contributed by atoms with Crippen molar-refractivity contribution in [1.29, 1.82) is 0 Å². The number of benzene rings is 2. The van der Waals surface area contributed by atoms with E-state index in [9.17, 15) is 9.59 Å². The molecule has 3 aromatic rings. The molecule has 0 unspecified atom stereocenters. The average Bonchev–Trinajstić information content (AvgIpc) is 3.11. The molecule has 0 aliphatic carbocycles. The van der Waals surface area contributed by atoms with Crippen molar-refractivity contribution in [3.05, 3.63) is 65.4 Å². The summed E-state index contributed by atoms with van der Waals surface area (Å²) < 4.78 is 12.5. The van der Waals surface area contributed by atoms with Gasteiger partial charge in [0, 0.05) is 37.3 Å². The highest BCUT2D eigenvalue weighted by Gasteiger charge is 2.15. The summed E-state index contributed by atoms with van der Waals surface area (Å²) in [5, 5.41) is 12.9. The van der Waals surface area contributed by atoms with E-state index in [1.165, 1.54) is 19.2 Å². The van der Waals surface area contributed by atoms with Crippen molar-refractivity contribution in [2.45, 2.75) is 13.0 Å². The highest BCUT2D eigenvalue weighted by Crippen LogP contribution is 2.22. The van der Waals surface area contributed by atoms with Crippen molar-refractivity contribution >= 4 is 22.8 Å². The second-order valence-electron chi connectivity index (χ2n) is 6.58. The summed E-state index contributed by atoms with van der Waals surface area (Å²) in [7, 11) is 3.15. The number of carboxylic acids is 1. The minimum atomic E-state index is -1.01. The van der Waals surface area contributed by atoms with E-state index in [4.69, 9.17) is 14.6 Å². The van der Waals surface area contributed by atoms with Crippen molar-refractivity contribution in [2.75, 3.05) is 27.4 Å². The first-order valence-corrected chi connectivity index (χ1v) is 9.30. The summed E-state index contributed by atoms with van der Waals surface area (Å²) in [5.41, 5.74) is 2.60. The number of aromatic carboxylic acids is 1. The van der Waals surface area contributed by atoms with Crippen molar-refractivity contribution in [3.8, 4) is 5.75 Å². The second kappa shape index (κ2) is 9.25. The molecule has 29 heavy (non-hydrogen) atoms. The highest BCUT2D eigenvalue weighted by atomic mass is 16.5. The van der Waals surface area contributed by atoms with E-state index in [1.54, 1.807) is 13.2 Å². The first-order chi connectivity index (χ1) is 14.0. The SMILES string of the molecule is COCCn1cc(C(=O)NCCc2ccc(C(=O)O)cc2OC)c2ccccc21. The molecule has 1 aromatic heterocycles. The lowest BCUT2D eigenvalue weighted by Crippen LogP contribution is -2.25. The first kappa shape index (κ1) is 20.4. The summed E-state index contributed by atoms with van der Waals surface area (Å²) in [6, 6.07) is 12.5. The number of hydrogen-bond donors (Lipinski definition) is 2. The molecule has 0 spiro atoms. The molecule has 0 saturated carbocycles. The van der Waals surface area contributed by atoms with Crippen molar-refractivity contribution in [1.82, 2.24) is 9.88 Å². The van der Waals surface area contributed by atoms with Gasteiger partial charge in [-0.1, -0.05) is 24.3 Å². The summed E-state index contributed by atoms with van der Waals surface area (Å²) in [4.78, 5) is 23.9. The van der Waals surface area contributed by atoms with Gasteiger partial charge in [-0.3, -0.25) is 4.79 Å². The van der Waals surface area contributed by atoms with Crippen LogP contribution in [0, 0.1) is 0 Å². The largest absolute Gasteiger partial charge is 0.496 e. The number of para-hydroxylation sites is 1. The molecule has 1 heterocycles. The van der Waals surface area contributed by atoms with Gasteiger partial charge in [0.05, 0.1) is 24.8 Å². The third-order valence-corrected chi connectivity index (χ3v) is 4.78. The van der Waals surface area contributed by atoms with Gasteiger partial charge in [-0.2, -0.15) is 0 Å². The zero-order chi connectivity index (χ0) is 20.8. The number of carbonyl (C=O) groups is 2. The van der Waals surface area contributed by atoms with Crippen LogP contribution in [0.5, 0.6) is 5.75 Å². The molecular weight excluding hydrogens is 372 g/mol. The monoisotopic (exact) mass is 396 g/mol. The number of nitrogens with zero attached hydrogens (tertiary/aromatic N) is 1. The van der Waals surface area contributed by atoms with Crippen LogP contribution in [0.3, 0.4) is 0 Å². The first-order valence-electron chi connectivity index (χ1n) is 9.30. The lowest BCUT2D eigenvalue weighted by atomic mass is 10.1. The zero-order valence-electron chi connectivity index (χ0n) is 16.5. The number of amides is 1. The molecule has 0 bridgehead atoms. The van der Waals surface area contributed by atoms with E-state index < -0.39 is 5.97 Å². The van der Waals surface area contributed by atoms with Crippen LogP contribution in [0.2, 0.25) is 0 Å². The molecule has 0 radical (unpaired) electrons. The fraction of sp³-hybridized carbons (Fsp3) is 0.273. The number of fused-ring (bicyclic) bond motifs is 1. The molecule has 0 saturated heterocycles. The lowest BCUT2D eigenvalue weighted by Gasteiger charge is -2.10. The second-order valence-corrected chi connectivity index (χ2v) is 6.58. The summed E-state index contributed by atoms with van der Waals surface area (Å²) in [5.74, 6) is -0.665. The molecule has 7 nitrogen and oxygen atoms in total. The topological polar surface area (TPSA) is 89.8 Å². The van der Waals surface area contributed by atoms with Crippen LogP contribution in [0.25, 0.3) is 10.9 Å². The van der Waals surface area contributed by atoms with Crippen LogP contribution in [-0.4, -0.2) is 48.9 Å². The number of ether oxygens (including phenoxy) is 2. The highest BCUT2D eigenvalue weighted by molar-refractivity contribution is 6.07. The summed E-state index contributed by atoms with van der Waals surface area (Å²) in [6.45, 7) is 1.63. The number of hydrogen-bond acceptors (Lipinski definition) is 4. The fourth-order valence-corrected chi connectivity index (χ4v) is 3.29. The Kier molecular flexibility index (Phi) is 6.51. The van der Waals surface area contributed by atoms with E-state index >= 15 is 0 Å². The Bertz CT molecular complexity index is 1030. The van der Waals surface area contributed by atoms with Gasteiger partial charge in [0.25, 0.3) is 5.91 Å². The lowest BCUT2D eigenvalue weighted by molar-refractivity contribution is 0.0696. The van der Waals surface area contributed by atoms with Crippen molar-refractivity contribution in [3.63, 3.8) is 0 Å². The Morgan fingerprint density at radius 1 is 1.14 bits per heavy atom. The van der Waals surface area contributed by atoms with Gasteiger partial charge < -0.3 is 24.5 Å². The number of carboxylic acid groups (broad SMARTS) is 1. The minimum Gasteiger partial charge on any atom is -0.496 e. The zero-order valence-corrected chi connectivity index (χ0v) is 16.5. The van der Waals surface area contributed by atoms with Gasteiger partial charge in [0.1, 0.15) is 5.75 Å². The molecule has 7 heteroatoms. The Morgan fingerprint density at radius 2 is 1.93 bits per heavy atom. The van der Waals surface area contributed by atoms with Crippen LogP contribution < -0.4 is 10.1 Å². The Morgan fingerprint density at radius 3 is 2.66 bits per heavy atom. The predicted molar refractivity (Wildman–Crippen MR) is 110 cm³/mol. The number of rotatable bonds is 9. The fourth-order valence-electron chi connectivity index (χ4n) is 3.29. The molecule has 2 N–H and O–H groups in total. The summed E-state index contributed by atoms with van der Waals surface area (Å²) in [6.07, 6.45) is 2.37. The van der Waals surface area contributed by atoms with Gasteiger partial charge in [-0.05, 0) is 30.2 Å². The number of methoxy groups -OCH3 is 2. The smallest absolute Gasteiger partial charge is 0.335 e. The van der Waals surface area contributed by atoms with Crippen LogP contribution in [0.1, 0.15) is 26.3 Å². The van der Waals surface area contributed by atoms with Crippen LogP contribution in [0.15, 0.2) is 48.7 Å². The number of carbonyl (C=O) groups excluding carboxylic acids is 1. The van der Waals surface area contributed by atoms with E-state index in [-0.39, 0.29) is 11.5 Å². The Balaban J connectivity index is 1.71. The average molecular weight is 396 g/mol. The van der Waals surface area contributed by atoms with Crippen LogP contribution in [0.4, 0.5) is 0 Å². The minimum absolute atomic E-state index is 0.154. The number of nitrogens with one attached hydrogen (secondary N) is 1. The third kappa shape index (κ3) is 4.57. The van der Waals surface area contributed by atoms with Crippen molar-refractivity contribution < 1.29 is 24.2 Å². The van der Waals surface area contributed by atoms with Gasteiger partial charge >= 0.3 is 5.97 Å². The molecule has 0 atom stereocenters. The molecule has 0 fully saturated rings. The third-order valence-electron chi connectivity index (χ3n) is 4.78. The maximum Gasteiger partial charge on any atom is 0.335 e. The number of aromatic nitrogens is 1. The van der Waals surface area contributed by atoms with Crippen molar-refractivity contribution in [2.24, 2.45) is 0 Å². The predicted octanol–water partition coefficient (Wildman–Crippen LogP) is 2.97. The van der Waals surface area contributed by atoms with E-state index in [0.29, 0.717) is 37.4 Å². The molecular formula is C22H24N2O5. The molecule has 152 valence electrons. The Labute approximate surface area is 168 Å². The normalized spacial score (nSPS) is 10.8. The molecule has 3 rings (SSSR count). The van der Waals surface area contributed by atoms with E-state index in [2.05, 4.69) is 5.32 Å². The summed E-state index contributed by atoms with van der Waals surface area (Å²) >= 11 is 0. The van der Waals surface area contributed by atoms with Gasteiger partial charge in [-0.15, -0.1) is 0 Å². The Hall–Kier alpha value is -3.32. The maximum absolute atomic E-state index is 12.8. The van der Waals surface area contributed by atoms with Gasteiger partial charge in [0.15, 0.2) is 0 Å². The molecule has 2 aromatic carbocycles. The maximum atomic E-state index is 12.8. The van der Waals surface area contributed by atoms with Gasteiger partial charge in [-0.25, -0.2) is 4.79 Å². The standard InChI is InChI=1S/C22H24N2O5/c1-28-12-11-24-14-18(17-5-3-4-6-19(17)24)21(25)23-10-9-15-7-8-16(22(26)27)13-20(15)29-2/h3-8,13-14H,9-12H2,1-2H3,(H,23,25)(H,26,27). The van der Waals surface area contributed by atoms with E-state index in [0.717, 1.165) is 16.5 Å². The van der Waals surface area contributed by atoms with Crippen LogP contribution >= 0.6 is 0 Å². The van der Waals surface area contributed by atoms with Crippen LogP contribution in [-0.2, 0) is 17.7 Å². The quantitative estimate of drug-likeness (QED) is 0.580. The molecule has 0 aliphatic heterocycles. The van der Waals surface area contributed by atoms with E-state index in [1.807, 2.05) is 35.0 Å². The van der Waals surface area contributed by atoms with Gasteiger partial charge in [0.2, 0.25) is 0 Å².